The van der Waals surface area contributed by atoms with Crippen LogP contribution in [0.15, 0.2) is 0 Å². The molecule has 6 nitrogen and oxygen atoms in total. The predicted octanol–water partition coefficient (Wildman–Crippen LogP) is -1.18. The Morgan fingerprint density at radius 1 is 1.25 bits per heavy atom. The number of esters is 1. The molecular weight excluding hydrogens is 164 g/mol. The van der Waals surface area contributed by atoms with Crippen molar-refractivity contribution >= 4 is 12.1 Å². The van der Waals surface area contributed by atoms with Crippen molar-refractivity contribution in [3.63, 3.8) is 0 Å². The Hall–Kier alpha value is -1.30. The van der Waals surface area contributed by atoms with E-state index in [4.69, 9.17) is 0 Å². The molecule has 2 fully saturated rings. The molecule has 2 aliphatic rings. The molecule has 0 aromatic carbocycles. The molecule has 1 amide bonds. The highest BCUT2D eigenvalue weighted by atomic mass is 16.6. The molecule has 2 heterocycles. The number of nitrogens with one attached hydrogen (secondary N) is 2. The van der Waals surface area contributed by atoms with Crippen LogP contribution in [0.25, 0.3) is 0 Å². The quantitative estimate of drug-likeness (QED) is 0.452. The Balaban J connectivity index is 0.000000120. The molecule has 12 heavy (non-hydrogen) atoms. The molecule has 2 saturated heterocycles. The monoisotopic (exact) mass is 174 g/mol. The number of carbonyl (C=O) groups excluding carboxylic acids is 2. The largest absolute Gasteiger partial charge is 0.449 e. The van der Waals surface area contributed by atoms with Gasteiger partial charge in [0.1, 0.15) is 13.3 Å². The van der Waals surface area contributed by atoms with Crippen LogP contribution < -0.4 is 10.6 Å². The van der Waals surface area contributed by atoms with Gasteiger partial charge >= 0.3 is 12.1 Å². The summed E-state index contributed by atoms with van der Waals surface area (Å²) in [5, 5.41) is 5.16. The normalized spacial score (nSPS) is 20.3. The highest BCUT2D eigenvalue weighted by Gasteiger charge is 2.07. The average Bonchev–Trinajstić information content (AvgIpc) is 2.63. The summed E-state index contributed by atoms with van der Waals surface area (Å²) in [4.78, 5) is 19.9. The van der Waals surface area contributed by atoms with Crippen LogP contribution >= 0.6 is 0 Å². The maximum absolute atomic E-state index is 9.96. The summed E-state index contributed by atoms with van der Waals surface area (Å²) in [6.45, 7) is 1.95. The third-order valence-electron chi connectivity index (χ3n) is 1.21. The van der Waals surface area contributed by atoms with Gasteiger partial charge < -0.3 is 14.8 Å². The van der Waals surface area contributed by atoms with E-state index >= 15 is 0 Å². The van der Waals surface area contributed by atoms with Gasteiger partial charge in [0.05, 0.1) is 13.1 Å². The number of amides is 1. The number of alkyl carbamates (subject to hydrolysis) is 1. The molecule has 0 bridgehead atoms. The molecule has 68 valence electrons. The molecule has 2 aliphatic heterocycles. The van der Waals surface area contributed by atoms with Crippen molar-refractivity contribution in [2.24, 2.45) is 0 Å². The Morgan fingerprint density at radius 2 is 2.08 bits per heavy atom. The number of hydrogen-bond donors (Lipinski definition) is 2. The Morgan fingerprint density at radius 3 is 2.25 bits per heavy atom. The summed E-state index contributed by atoms with van der Waals surface area (Å²) in [5.41, 5.74) is 0. The summed E-state index contributed by atoms with van der Waals surface area (Å²) in [5.74, 6) is -0.157. The number of carbonyl (C=O) groups is 2. The van der Waals surface area contributed by atoms with E-state index in [-0.39, 0.29) is 12.1 Å². The summed E-state index contributed by atoms with van der Waals surface area (Å²) in [6.07, 6.45) is -0.296. The third-order valence-corrected chi connectivity index (χ3v) is 1.21. The Kier molecular flexibility index (Phi) is 3.34. The molecule has 0 spiro atoms. The molecule has 2 rings (SSSR count). The van der Waals surface area contributed by atoms with Crippen LogP contribution in [-0.4, -0.2) is 38.5 Å². The molecule has 0 aliphatic carbocycles. The van der Waals surface area contributed by atoms with Gasteiger partial charge in [-0.2, -0.15) is 0 Å². The zero-order chi connectivity index (χ0) is 8.81. The van der Waals surface area contributed by atoms with Gasteiger partial charge in [0.15, 0.2) is 0 Å². The van der Waals surface area contributed by atoms with Gasteiger partial charge in [0, 0.05) is 0 Å². The van der Waals surface area contributed by atoms with Crippen LogP contribution in [0.2, 0.25) is 0 Å². The van der Waals surface area contributed by atoms with Crippen molar-refractivity contribution in [3.05, 3.63) is 0 Å². The highest BCUT2D eigenvalue weighted by molar-refractivity contribution is 5.72. The third kappa shape index (κ3) is 3.20. The van der Waals surface area contributed by atoms with Crippen LogP contribution in [0.3, 0.4) is 0 Å². The van der Waals surface area contributed by atoms with E-state index in [0.717, 1.165) is 0 Å². The molecule has 2 N–H and O–H groups in total. The van der Waals surface area contributed by atoms with Crippen LogP contribution in [0, 0.1) is 0 Å². The minimum absolute atomic E-state index is 0.157. The lowest BCUT2D eigenvalue weighted by Gasteiger charge is -1.80. The average molecular weight is 174 g/mol. The number of rotatable bonds is 0. The first-order valence-electron chi connectivity index (χ1n) is 3.56. The minimum Gasteiger partial charge on any atom is -0.449 e. The van der Waals surface area contributed by atoms with Crippen LogP contribution in [0.1, 0.15) is 0 Å². The second-order valence-corrected chi connectivity index (χ2v) is 2.15. The summed E-state index contributed by atoms with van der Waals surface area (Å²) in [6, 6.07) is 0. The zero-order valence-corrected chi connectivity index (χ0v) is 6.46. The molecule has 0 atom stereocenters. The fraction of sp³-hybridized carbons (Fsp3) is 0.667. The lowest BCUT2D eigenvalue weighted by atomic mass is 10.7. The van der Waals surface area contributed by atoms with Crippen LogP contribution in [-0.2, 0) is 14.3 Å². The maximum Gasteiger partial charge on any atom is 0.407 e. The molecule has 0 aromatic rings. The van der Waals surface area contributed by atoms with E-state index in [1.165, 1.54) is 0 Å². The van der Waals surface area contributed by atoms with Crippen molar-refractivity contribution in [2.45, 2.75) is 0 Å². The first-order valence-corrected chi connectivity index (χ1v) is 3.56. The van der Waals surface area contributed by atoms with Crippen molar-refractivity contribution < 1.29 is 19.1 Å². The standard InChI is InChI=1S/2C3H5NO2/c5-3-1-4-2-6-3;5-3-4-1-2-6-3/h4H,1-2H2;1-2H2,(H,4,5). The van der Waals surface area contributed by atoms with E-state index < -0.39 is 0 Å². The fourth-order valence-electron chi connectivity index (χ4n) is 0.684. The topological polar surface area (TPSA) is 76.7 Å². The van der Waals surface area contributed by atoms with Gasteiger partial charge in [-0.05, 0) is 0 Å². The molecule has 0 unspecified atom stereocenters. The lowest BCUT2D eigenvalue weighted by molar-refractivity contribution is -0.136. The van der Waals surface area contributed by atoms with Gasteiger partial charge in [-0.15, -0.1) is 0 Å². The second kappa shape index (κ2) is 4.55. The SMILES string of the molecule is O=C1CNCO1.O=C1NCCO1. The fourth-order valence-corrected chi connectivity index (χ4v) is 0.684. The number of cyclic esters (lactones) is 2. The van der Waals surface area contributed by atoms with Crippen molar-refractivity contribution in [2.75, 3.05) is 26.4 Å². The zero-order valence-electron chi connectivity index (χ0n) is 6.46. The summed E-state index contributed by atoms with van der Waals surface area (Å²) < 4.78 is 8.81. The van der Waals surface area contributed by atoms with Crippen molar-refractivity contribution in [1.29, 1.82) is 0 Å². The maximum atomic E-state index is 9.96. The predicted molar refractivity (Wildman–Crippen MR) is 38.3 cm³/mol. The van der Waals surface area contributed by atoms with E-state index in [1.807, 2.05) is 0 Å². The van der Waals surface area contributed by atoms with E-state index in [1.54, 1.807) is 0 Å². The van der Waals surface area contributed by atoms with Gasteiger partial charge in [-0.3, -0.25) is 10.1 Å². The van der Waals surface area contributed by atoms with Crippen LogP contribution in [0.4, 0.5) is 4.79 Å². The van der Waals surface area contributed by atoms with Gasteiger partial charge in [0.25, 0.3) is 0 Å². The van der Waals surface area contributed by atoms with Gasteiger partial charge in [0.2, 0.25) is 0 Å². The van der Waals surface area contributed by atoms with Crippen LogP contribution in [0.5, 0.6) is 0 Å². The summed E-state index contributed by atoms with van der Waals surface area (Å²) >= 11 is 0. The number of hydrogen-bond acceptors (Lipinski definition) is 5. The molecular formula is C6H10N2O4. The molecule has 6 heteroatoms. The molecule has 0 radical (unpaired) electrons. The lowest BCUT2D eigenvalue weighted by Crippen LogP contribution is -2.11. The smallest absolute Gasteiger partial charge is 0.407 e. The van der Waals surface area contributed by atoms with Crippen molar-refractivity contribution in [1.82, 2.24) is 10.6 Å². The minimum atomic E-state index is -0.296. The Labute approximate surface area is 69.2 Å². The first kappa shape index (κ1) is 8.79. The van der Waals surface area contributed by atoms with E-state index in [0.29, 0.717) is 26.4 Å². The van der Waals surface area contributed by atoms with E-state index in [2.05, 4.69) is 20.1 Å². The molecule has 0 saturated carbocycles. The molecule has 0 aromatic heterocycles. The van der Waals surface area contributed by atoms with Gasteiger partial charge in [-0.25, -0.2) is 4.79 Å². The highest BCUT2D eigenvalue weighted by Crippen LogP contribution is 1.82. The second-order valence-electron chi connectivity index (χ2n) is 2.15. The van der Waals surface area contributed by atoms with Gasteiger partial charge in [-0.1, -0.05) is 0 Å². The Bertz CT molecular complexity index is 146. The van der Waals surface area contributed by atoms with E-state index in [9.17, 15) is 9.59 Å². The first-order chi connectivity index (χ1) is 5.79. The number of ether oxygens (including phenoxy) is 2. The summed E-state index contributed by atoms with van der Waals surface area (Å²) in [7, 11) is 0. The van der Waals surface area contributed by atoms with Crippen molar-refractivity contribution in [3.8, 4) is 0 Å².